The third-order valence-corrected chi connectivity index (χ3v) is 2.08. The van der Waals surface area contributed by atoms with Gasteiger partial charge in [-0.05, 0) is 12.3 Å². The Kier molecular flexibility index (Phi) is 5.88. The van der Waals surface area contributed by atoms with Crippen LogP contribution in [0.3, 0.4) is 0 Å². The van der Waals surface area contributed by atoms with Gasteiger partial charge in [0.15, 0.2) is 0 Å². The fourth-order valence-electron chi connectivity index (χ4n) is 1.09. The van der Waals surface area contributed by atoms with Crippen LogP contribution in [0.15, 0.2) is 11.1 Å². The Morgan fingerprint density at radius 3 is 2.36 bits per heavy atom. The van der Waals surface area contributed by atoms with Crippen molar-refractivity contribution in [1.82, 2.24) is 5.32 Å². The van der Waals surface area contributed by atoms with Gasteiger partial charge >= 0.3 is 0 Å². The fourth-order valence-corrected chi connectivity index (χ4v) is 1.26. The van der Waals surface area contributed by atoms with Crippen molar-refractivity contribution < 1.29 is 0 Å². The van der Waals surface area contributed by atoms with Crippen LogP contribution in [0.25, 0.3) is 0 Å². The minimum absolute atomic E-state index is 0.615. The molecule has 2 heteroatoms. The van der Waals surface area contributed by atoms with Crippen LogP contribution in [0.1, 0.15) is 27.2 Å². The van der Waals surface area contributed by atoms with E-state index in [4.69, 9.17) is 0 Å². The first-order valence-electron chi connectivity index (χ1n) is 4.14. The molecule has 0 aliphatic heterocycles. The third kappa shape index (κ3) is 5.45. The van der Waals surface area contributed by atoms with Crippen molar-refractivity contribution >= 4 is 15.9 Å². The minimum Gasteiger partial charge on any atom is -0.309 e. The van der Waals surface area contributed by atoms with Crippen molar-refractivity contribution in [2.75, 3.05) is 6.54 Å². The molecule has 1 nitrogen and oxygen atoms in total. The van der Waals surface area contributed by atoms with Crippen LogP contribution in [0.2, 0.25) is 0 Å². The van der Waals surface area contributed by atoms with Crippen LogP contribution in [0.5, 0.6) is 0 Å². The van der Waals surface area contributed by atoms with Gasteiger partial charge in [0, 0.05) is 17.1 Å². The average Bonchev–Trinajstić information content (AvgIpc) is 1.87. The summed E-state index contributed by atoms with van der Waals surface area (Å²) in [7, 11) is 0. The van der Waals surface area contributed by atoms with Gasteiger partial charge in [-0.15, -0.1) is 0 Å². The molecule has 0 radical (unpaired) electrons. The second kappa shape index (κ2) is 5.78. The molecule has 11 heavy (non-hydrogen) atoms. The first-order chi connectivity index (χ1) is 5.07. The molecule has 0 saturated carbocycles. The van der Waals surface area contributed by atoms with E-state index in [-0.39, 0.29) is 0 Å². The number of hydrogen-bond acceptors (Lipinski definition) is 1. The Hall–Kier alpha value is 0.180. The molecule has 66 valence electrons. The van der Waals surface area contributed by atoms with E-state index in [1.807, 2.05) is 0 Å². The lowest BCUT2D eigenvalue weighted by Gasteiger charge is -2.20. The zero-order valence-corrected chi connectivity index (χ0v) is 9.24. The first-order valence-corrected chi connectivity index (χ1v) is 4.93. The van der Waals surface area contributed by atoms with Crippen LogP contribution in [0.4, 0.5) is 0 Å². The maximum Gasteiger partial charge on any atom is 0.0268 e. The van der Waals surface area contributed by atoms with Crippen LogP contribution in [-0.4, -0.2) is 12.6 Å². The summed E-state index contributed by atoms with van der Waals surface area (Å²) in [5.74, 6) is 0.701. The molecular weight excluding hydrogens is 202 g/mol. The van der Waals surface area contributed by atoms with Crippen LogP contribution in [-0.2, 0) is 0 Å². The van der Waals surface area contributed by atoms with E-state index in [1.165, 1.54) is 6.42 Å². The van der Waals surface area contributed by atoms with E-state index >= 15 is 0 Å². The maximum atomic E-state index is 3.77. The van der Waals surface area contributed by atoms with Crippen LogP contribution in [0, 0.1) is 5.92 Å². The molecule has 0 aliphatic carbocycles. The van der Waals surface area contributed by atoms with Crippen molar-refractivity contribution in [3.63, 3.8) is 0 Å². The highest BCUT2D eigenvalue weighted by atomic mass is 79.9. The highest BCUT2D eigenvalue weighted by molar-refractivity contribution is 9.11. The van der Waals surface area contributed by atoms with Crippen molar-refractivity contribution in [2.24, 2.45) is 5.92 Å². The summed E-state index contributed by atoms with van der Waals surface area (Å²) in [6.45, 7) is 11.3. The number of hydrogen-bond donors (Lipinski definition) is 1. The van der Waals surface area contributed by atoms with Gasteiger partial charge in [-0.1, -0.05) is 43.3 Å². The molecule has 0 heterocycles. The summed E-state index contributed by atoms with van der Waals surface area (Å²) >= 11 is 3.32. The fraction of sp³-hybridized carbons (Fsp3) is 0.778. The maximum absolute atomic E-state index is 3.77. The highest BCUT2D eigenvalue weighted by Gasteiger charge is 2.08. The molecule has 0 aromatic rings. The summed E-state index contributed by atoms with van der Waals surface area (Å²) in [5, 5.41) is 3.42. The summed E-state index contributed by atoms with van der Waals surface area (Å²) < 4.78 is 1.02. The van der Waals surface area contributed by atoms with Crippen molar-refractivity contribution in [3.05, 3.63) is 11.1 Å². The molecule has 0 bridgehead atoms. The quantitative estimate of drug-likeness (QED) is 0.751. The molecule has 0 aliphatic rings. The van der Waals surface area contributed by atoms with Gasteiger partial charge in [-0.25, -0.2) is 0 Å². The third-order valence-electron chi connectivity index (χ3n) is 1.80. The second-order valence-corrected chi connectivity index (χ2v) is 4.28. The topological polar surface area (TPSA) is 12.0 Å². The van der Waals surface area contributed by atoms with Gasteiger partial charge < -0.3 is 5.32 Å². The molecule has 0 amide bonds. The highest BCUT2D eigenvalue weighted by Crippen LogP contribution is 2.06. The smallest absolute Gasteiger partial charge is 0.0268 e. The molecule has 0 saturated heterocycles. The van der Waals surface area contributed by atoms with E-state index < -0.39 is 0 Å². The number of nitrogens with one attached hydrogen (secondary N) is 1. The Morgan fingerprint density at radius 1 is 1.55 bits per heavy atom. The lowest BCUT2D eigenvalue weighted by Crippen LogP contribution is -2.33. The molecule has 1 atom stereocenters. The molecule has 1 N–H and O–H groups in total. The number of rotatable bonds is 5. The predicted molar refractivity (Wildman–Crippen MR) is 55.0 cm³/mol. The summed E-state index contributed by atoms with van der Waals surface area (Å²) in [4.78, 5) is 0. The second-order valence-electron chi connectivity index (χ2n) is 3.16. The minimum atomic E-state index is 0.615. The van der Waals surface area contributed by atoms with E-state index in [9.17, 15) is 0 Å². The summed E-state index contributed by atoms with van der Waals surface area (Å²) in [6, 6.07) is 0.615. The monoisotopic (exact) mass is 219 g/mol. The Morgan fingerprint density at radius 2 is 2.09 bits per heavy atom. The Labute approximate surface area is 78.4 Å². The molecule has 0 fully saturated rings. The van der Waals surface area contributed by atoms with Gasteiger partial charge in [-0.2, -0.15) is 0 Å². The Balaban J connectivity index is 3.61. The van der Waals surface area contributed by atoms with Crippen LogP contribution >= 0.6 is 15.9 Å². The lowest BCUT2D eigenvalue weighted by molar-refractivity contribution is 0.403. The summed E-state index contributed by atoms with van der Waals surface area (Å²) in [6.07, 6.45) is 1.18. The standard InChI is InChI=1S/C9H18BrN/c1-5-9(7(2)3)11-6-8(4)10/h7,9,11H,4-6H2,1-3H3. The van der Waals surface area contributed by atoms with Gasteiger partial charge in [0.2, 0.25) is 0 Å². The Bertz CT molecular complexity index is 121. The lowest BCUT2D eigenvalue weighted by atomic mass is 10.0. The zero-order chi connectivity index (χ0) is 8.85. The molecular formula is C9H18BrN. The number of halogens is 1. The zero-order valence-electron chi connectivity index (χ0n) is 7.65. The SMILES string of the molecule is C=C(Br)CNC(CC)C(C)C. The normalized spacial score (nSPS) is 13.5. The van der Waals surface area contributed by atoms with Gasteiger partial charge in [0.1, 0.15) is 0 Å². The van der Waals surface area contributed by atoms with Crippen molar-refractivity contribution in [2.45, 2.75) is 33.2 Å². The van der Waals surface area contributed by atoms with E-state index in [2.05, 4.69) is 48.6 Å². The van der Waals surface area contributed by atoms with E-state index in [0.29, 0.717) is 12.0 Å². The predicted octanol–water partition coefficient (Wildman–Crippen LogP) is 2.92. The van der Waals surface area contributed by atoms with E-state index in [0.717, 1.165) is 11.0 Å². The van der Waals surface area contributed by atoms with Gasteiger partial charge in [0.25, 0.3) is 0 Å². The molecule has 0 spiro atoms. The largest absolute Gasteiger partial charge is 0.309 e. The van der Waals surface area contributed by atoms with Crippen molar-refractivity contribution in [3.8, 4) is 0 Å². The van der Waals surface area contributed by atoms with Crippen molar-refractivity contribution in [1.29, 1.82) is 0 Å². The van der Waals surface area contributed by atoms with Gasteiger partial charge in [0.05, 0.1) is 0 Å². The first kappa shape index (κ1) is 11.2. The summed E-state index contributed by atoms with van der Waals surface area (Å²) in [5.41, 5.74) is 0. The van der Waals surface area contributed by atoms with Crippen LogP contribution < -0.4 is 5.32 Å². The molecule has 0 aromatic heterocycles. The van der Waals surface area contributed by atoms with Gasteiger partial charge in [-0.3, -0.25) is 0 Å². The molecule has 1 unspecified atom stereocenters. The average molecular weight is 220 g/mol. The molecule has 0 rings (SSSR count). The molecule has 0 aromatic carbocycles. The van der Waals surface area contributed by atoms with E-state index in [1.54, 1.807) is 0 Å².